The number of benzene rings is 8. The molecule has 51 heavy (non-hydrogen) atoms. The first-order chi connectivity index (χ1) is 25.3. The van der Waals surface area contributed by atoms with Crippen molar-refractivity contribution in [2.24, 2.45) is 0 Å². The molecule has 0 spiro atoms. The molecule has 1 aliphatic heterocycles. The van der Waals surface area contributed by atoms with Gasteiger partial charge in [-0.15, -0.1) is 11.3 Å². The van der Waals surface area contributed by atoms with Crippen LogP contribution in [-0.2, 0) is 5.41 Å². The Kier molecular flexibility index (Phi) is 6.11. The smallest absolute Gasteiger partial charge is 0.0742 e. The number of thiophene rings is 1. The normalized spacial score (nSPS) is 15.1. The van der Waals surface area contributed by atoms with Crippen LogP contribution < -0.4 is 0 Å². The summed E-state index contributed by atoms with van der Waals surface area (Å²) in [7, 11) is 0. The Balaban J connectivity index is 1.06. The van der Waals surface area contributed by atoms with E-state index in [4.69, 9.17) is 0 Å². The summed E-state index contributed by atoms with van der Waals surface area (Å²) < 4.78 is 5.17. The van der Waals surface area contributed by atoms with Crippen molar-refractivity contribution in [3.8, 4) is 27.9 Å². The minimum atomic E-state index is -0.491. The summed E-state index contributed by atoms with van der Waals surface area (Å²) in [6.45, 7) is 0. The van der Waals surface area contributed by atoms with E-state index in [0.717, 1.165) is 0 Å². The van der Waals surface area contributed by atoms with Gasteiger partial charge in [-0.25, -0.2) is 0 Å². The fourth-order valence-corrected chi connectivity index (χ4v) is 9.94. The second-order valence-electron chi connectivity index (χ2n) is 13.7. The molecule has 10 aromatic rings. The van der Waals surface area contributed by atoms with E-state index in [1.165, 1.54) is 92.2 Å². The number of hydrogen-bond acceptors (Lipinski definition) is 1. The van der Waals surface area contributed by atoms with E-state index >= 15 is 0 Å². The van der Waals surface area contributed by atoms with Crippen LogP contribution >= 0.6 is 11.3 Å². The third-order valence-electron chi connectivity index (χ3n) is 11.1. The molecule has 2 aromatic heterocycles. The Morgan fingerprint density at radius 3 is 1.76 bits per heavy atom. The lowest BCUT2D eigenvalue weighted by Gasteiger charge is -2.41. The van der Waals surface area contributed by atoms with Gasteiger partial charge in [-0.2, -0.15) is 0 Å². The monoisotopic (exact) mass is 665 g/mol. The highest BCUT2D eigenvalue weighted by molar-refractivity contribution is 7.25. The average Bonchev–Trinajstić information content (AvgIpc) is 3.75. The fraction of sp³-hybridized carbons (Fsp3) is 0.0204. The van der Waals surface area contributed by atoms with Crippen molar-refractivity contribution in [2.75, 3.05) is 0 Å². The van der Waals surface area contributed by atoms with Gasteiger partial charge in [-0.3, -0.25) is 0 Å². The third-order valence-corrected chi connectivity index (χ3v) is 12.3. The molecule has 3 heterocycles. The van der Waals surface area contributed by atoms with Crippen LogP contribution in [0.5, 0.6) is 0 Å². The van der Waals surface area contributed by atoms with Crippen molar-refractivity contribution in [1.82, 2.24) is 4.57 Å². The van der Waals surface area contributed by atoms with Crippen LogP contribution in [0.25, 0.3) is 69.9 Å². The molecular formula is C49H31NS. The summed E-state index contributed by atoms with van der Waals surface area (Å²) in [5.41, 5.74) is 13.3. The summed E-state index contributed by atoms with van der Waals surface area (Å²) in [6.07, 6.45) is 0. The number of hydrogen-bond donors (Lipinski definition) is 0. The van der Waals surface area contributed by atoms with Crippen molar-refractivity contribution >= 4 is 53.3 Å². The molecule has 2 heteroatoms. The summed E-state index contributed by atoms with van der Waals surface area (Å²) >= 11 is 1.87. The molecule has 0 saturated heterocycles. The molecule has 0 amide bonds. The maximum absolute atomic E-state index is 2.49. The second-order valence-corrected chi connectivity index (χ2v) is 14.7. The average molecular weight is 666 g/mol. The van der Waals surface area contributed by atoms with E-state index < -0.39 is 5.41 Å². The highest BCUT2D eigenvalue weighted by Gasteiger charge is 2.45. The molecule has 0 saturated carbocycles. The minimum Gasteiger partial charge on any atom is -0.309 e. The molecule has 0 radical (unpaired) electrons. The van der Waals surface area contributed by atoms with Gasteiger partial charge in [-0.1, -0.05) is 158 Å². The molecular weight excluding hydrogens is 635 g/mol. The zero-order valence-corrected chi connectivity index (χ0v) is 28.6. The van der Waals surface area contributed by atoms with Crippen LogP contribution in [0, 0.1) is 0 Å². The number of rotatable bonds is 4. The number of nitrogens with zero attached hydrogens (tertiary/aromatic N) is 1. The predicted octanol–water partition coefficient (Wildman–Crippen LogP) is 13.2. The second kappa shape index (κ2) is 10.9. The molecule has 0 N–H and O–H groups in total. The maximum Gasteiger partial charge on any atom is 0.0742 e. The Morgan fingerprint density at radius 1 is 0.373 bits per heavy atom. The third kappa shape index (κ3) is 4.03. The molecule has 1 nitrogen and oxygen atoms in total. The zero-order chi connectivity index (χ0) is 33.5. The van der Waals surface area contributed by atoms with E-state index in [-0.39, 0.29) is 0 Å². The molecule has 1 atom stereocenters. The molecule has 8 aromatic carbocycles. The minimum absolute atomic E-state index is 0.491. The number of fused-ring (bicyclic) bond motifs is 8. The number of aromatic nitrogens is 1. The van der Waals surface area contributed by atoms with E-state index in [1.54, 1.807) is 0 Å². The summed E-state index contributed by atoms with van der Waals surface area (Å²) in [5.74, 6) is 0. The first kappa shape index (κ1) is 28.6. The summed E-state index contributed by atoms with van der Waals surface area (Å²) in [4.78, 5) is 0. The van der Waals surface area contributed by atoms with Crippen LogP contribution in [-0.4, -0.2) is 4.57 Å². The predicted molar refractivity (Wildman–Crippen MR) is 216 cm³/mol. The summed E-state index contributed by atoms with van der Waals surface area (Å²) in [6, 6.07) is 69.8. The first-order valence-corrected chi connectivity index (χ1v) is 18.4. The summed E-state index contributed by atoms with van der Waals surface area (Å²) in [5, 5.41) is 5.25. The maximum atomic E-state index is 2.49. The topological polar surface area (TPSA) is 4.93 Å². The van der Waals surface area contributed by atoms with Gasteiger partial charge in [0, 0.05) is 30.9 Å². The van der Waals surface area contributed by atoms with Crippen molar-refractivity contribution in [2.45, 2.75) is 5.41 Å². The largest absolute Gasteiger partial charge is 0.309 e. The zero-order valence-electron chi connectivity index (χ0n) is 27.8. The standard InChI is InChI=1S/C49H31NS/c1-2-11-36(12-3-1)49(42-16-6-8-19-45(42)50-44-18-7-4-13-38(44)40-15-10-17-43(49)48(40)50)37-28-25-33(26-29-37)32-21-23-34(24-22-32)35-27-30-47-41(31-35)39-14-5-9-20-46(39)51-47/h1-31H. The van der Waals surface area contributed by atoms with Gasteiger partial charge < -0.3 is 4.57 Å². The van der Waals surface area contributed by atoms with Gasteiger partial charge in [0.2, 0.25) is 0 Å². The van der Waals surface area contributed by atoms with Gasteiger partial charge in [0.1, 0.15) is 0 Å². The van der Waals surface area contributed by atoms with Crippen molar-refractivity contribution in [3.63, 3.8) is 0 Å². The Bertz CT molecular complexity index is 2950. The Labute approximate surface area is 300 Å². The van der Waals surface area contributed by atoms with Crippen LogP contribution in [0.4, 0.5) is 0 Å². The van der Waals surface area contributed by atoms with E-state index in [9.17, 15) is 0 Å². The first-order valence-electron chi connectivity index (χ1n) is 17.6. The Hall–Kier alpha value is -6.22. The van der Waals surface area contributed by atoms with Crippen LogP contribution in [0.2, 0.25) is 0 Å². The highest BCUT2D eigenvalue weighted by Crippen LogP contribution is 2.54. The lowest BCUT2D eigenvalue weighted by molar-refractivity contribution is 0.728. The Morgan fingerprint density at radius 2 is 0.941 bits per heavy atom. The van der Waals surface area contributed by atoms with Crippen molar-refractivity contribution in [3.05, 3.63) is 210 Å². The lowest BCUT2D eigenvalue weighted by atomic mass is 9.63. The quantitative estimate of drug-likeness (QED) is 0.176. The molecule has 1 aliphatic rings. The fourth-order valence-electron chi connectivity index (χ4n) is 8.85. The van der Waals surface area contributed by atoms with Gasteiger partial charge in [-0.05, 0) is 74.8 Å². The van der Waals surface area contributed by atoms with Gasteiger partial charge in [0.25, 0.3) is 0 Å². The molecule has 11 rings (SSSR count). The van der Waals surface area contributed by atoms with Gasteiger partial charge >= 0.3 is 0 Å². The number of para-hydroxylation sites is 3. The van der Waals surface area contributed by atoms with Crippen LogP contribution in [0.3, 0.4) is 0 Å². The molecule has 0 bridgehead atoms. The van der Waals surface area contributed by atoms with Crippen LogP contribution in [0.15, 0.2) is 188 Å². The van der Waals surface area contributed by atoms with Crippen molar-refractivity contribution < 1.29 is 0 Å². The molecule has 238 valence electrons. The molecule has 0 aliphatic carbocycles. The van der Waals surface area contributed by atoms with E-state index in [0.29, 0.717) is 0 Å². The molecule has 1 unspecified atom stereocenters. The van der Waals surface area contributed by atoms with Gasteiger partial charge in [0.15, 0.2) is 0 Å². The van der Waals surface area contributed by atoms with Gasteiger partial charge in [0.05, 0.1) is 22.1 Å². The highest BCUT2D eigenvalue weighted by atomic mass is 32.1. The SMILES string of the molecule is c1ccc(C2(c3ccc(-c4ccc(-c5ccc6sc7ccccc7c6c5)cc4)cc3)c3ccccc3-n3c4ccccc4c4cccc2c43)cc1. The van der Waals surface area contributed by atoms with E-state index in [2.05, 4.69) is 193 Å². The van der Waals surface area contributed by atoms with E-state index in [1.807, 2.05) is 11.3 Å². The lowest BCUT2D eigenvalue weighted by Crippen LogP contribution is -2.35. The van der Waals surface area contributed by atoms with Crippen LogP contribution in [0.1, 0.15) is 22.3 Å². The molecule has 0 fully saturated rings. The van der Waals surface area contributed by atoms with Crippen molar-refractivity contribution in [1.29, 1.82) is 0 Å².